The van der Waals surface area contributed by atoms with E-state index in [9.17, 15) is 24.0 Å². The van der Waals surface area contributed by atoms with Crippen LogP contribution in [0.15, 0.2) is 29.2 Å². The van der Waals surface area contributed by atoms with Crippen LogP contribution in [0.3, 0.4) is 0 Å². The van der Waals surface area contributed by atoms with Gasteiger partial charge in [0, 0.05) is 13.2 Å². The molecule has 12 heteroatoms. The summed E-state index contributed by atoms with van der Waals surface area (Å²) in [6.07, 6.45) is 1.42. The number of anilines is 1. The highest BCUT2D eigenvalue weighted by Crippen LogP contribution is 2.23. The van der Waals surface area contributed by atoms with Crippen LogP contribution in [-0.2, 0) is 18.9 Å². The molecule has 12 nitrogen and oxygen atoms in total. The largest absolute Gasteiger partial charge is 0.465 e. The summed E-state index contributed by atoms with van der Waals surface area (Å²) >= 11 is 0. The van der Waals surface area contributed by atoms with Crippen LogP contribution < -0.4 is 10.6 Å². The molecule has 0 amide bonds. The maximum atomic E-state index is 13.4. The first-order valence-corrected chi connectivity index (χ1v) is 8.56. The van der Waals surface area contributed by atoms with Crippen molar-refractivity contribution in [2.45, 2.75) is 0 Å². The molecule has 0 atom stereocenters. The maximum Gasteiger partial charge on any atom is 0.357 e. The summed E-state index contributed by atoms with van der Waals surface area (Å²) in [7, 11) is 5.27. The first kappa shape index (κ1) is 23.1. The van der Waals surface area contributed by atoms with Gasteiger partial charge < -0.3 is 18.9 Å². The Balaban J connectivity index is 3.17. The van der Waals surface area contributed by atoms with E-state index >= 15 is 0 Å². The quantitative estimate of drug-likeness (QED) is 0.458. The van der Waals surface area contributed by atoms with Gasteiger partial charge in [0.05, 0.1) is 34.0 Å². The molecule has 0 aliphatic heterocycles. The summed E-state index contributed by atoms with van der Waals surface area (Å²) < 4.78 is 19.4. The Kier molecular flexibility index (Phi) is 7.08. The van der Waals surface area contributed by atoms with Crippen molar-refractivity contribution in [3.8, 4) is 0 Å². The van der Waals surface area contributed by atoms with Crippen molar-refractivity contribution in [3.05, 3.63) is 57.1 Å². The molecular weight excluding hydrogens is 414 g/mol. The van der Waals surface area contributed by atoms with Crippen molar-refractivity contribution in [2.75, 3.05) is 40.5 Å². The molecule has 2 heterocycles. The van der Waals surface area contributed by atoms with Gasteiger partial charge in [0.1, 0.15) is 16.9 Å². The van der Waals surface area contributed by atoms with Crippen molar-refractivity contribution in [1.82, 2.24) is 9.66 Å². The average molecular weight is 433 g/mol. The molecule has 0 aliphatic rings. The molecule has 0 fully saturated rings. The standard InChI is InChI=1S/C19H19N3O9/c1-21(10-8-6-7-9-20-10)22-14(19(27)31-5)12(17(25)29-3)11(16(24)28-2)13(15(22)23)18(26)30-4/h6-9H,1-5H3. The van der Waals surface area contributed by atoms with Gasteiger partial charge in [-0.15, -0.1) is 0 Å². The van der Waals surface area contributed by atoms with Crippen molar-refractivity contribution in [2.24, 2.45) is 0 Å². The molecule has 164 valence electrons. The lowest BCUT2D eigenvalue weighted by atomic mass is 10.00. The minimum Gasteiger partial charge on any atom is -0.465 e. The normalized spacial score (nSPS) is 10.1. The van der Waals surface area contributed by atoms with Gasteiger partial charge in [-0.25, -0.2) is 28.8 Å². The maximum absolute atomic E-state index is 13.4. The first-order valence-electron chi connectivity index (χ1n) is 8.56. The first-order chi connectivity index (χ1) is 14.7. The third-order valence-corrected chi connectivity index (χ3v) is 4.18. The van der Waals surface area contributed by atoms with E-state index in [-0.39, 0.29) is 5.82 Å². The molecule has 2 aromatic heterocycles. The topological polar surface area (TPSA) is 143 Å². The number of esters is 4. The second kappa shape index (κ2) is 9.52. The molecule has 0 aliphatic carbocycles. The highest BCUT2D eigenvalue weighted by Gasteiger charge is 2.38. The monoisotopic (exact) mass is 433 g/mol. The zero-order valence-electron chi connectivity index (χ0n) is 17.3. The van der Waals surface area contributed by atoms with Gasteiger partial charge in [-0.05, 0) is 12.1 Å². The van der Waals surface area contributed by atoms with Crippen molar-refractivity contribution < 1.29 is 38.1 Å². The number of nitrogens with zero attached hydrogens (tertiary/aromatic N) is 3. The molecule has 0 spiro atoms. The third-order valence-electron chi connectivity index (χ3n) is 4.18. The Hall–Kier alpha value is -4.22. The zero-order chi connectivity index (χ0) is 23.3. The smallest absolute Gasteiger partial charge is 0.357 e. The Morgan fingerprint density at radius 2 is 1.32 bits per heavy atom. The lowest BCUT2D eigenvalue weighted by Gasteiger charge is -2.26. The summed E-state index contributed by atoms with van der Waals surface area (Å²) in [6.45, 7) is 0. The van der Waals surface area contributed by atoms with Crippen LogP contribution >= 0.6 is 0 Å². The van der Waals surface area contributed by atoms with E-state index in [4.69, 9.17) is 9.47 Å². The average Bonchev–Trinajstić information content (AvgIpc) is 2.81. The second-order valence-electron chi connectivity index (χ2n) is 5.77. The number of aromatic nitrogens is 2. The van der Waals surface area contributed by atoms with Crippen molar-refractivity contribution >= 4 is 29.7 Å². The lowest BCUT2D eigenvalue weighted by Crippen LogP contribution is -2.45. The van der Waals surface area contributed by atoms with Gasteiger partial charge in [0.25, 0.3) is 5.56 Å². The van der Waals surface area contributed by atoms with Crippen LogP contribution in [0.2, 0.25) is 0 Å². The van der Waals surface area contributed by atoms with Crippen LogP contribution in [-0.4, -0.2) is 69.0 Å². The van der Waals surface area contributed by atoms with Gasteiger partial charge in [-0.3, -0.25) is 9.80 Å². The number of hydrogen-bond donors (Lipinski definition) is 0. The third kappa shape index (κ3) is 4.08. The molecule has 0 radical (unpaired) electrons. The van der Waals surface area contributed by atoms with E-state index in [1.54, 1.807) is 12.1 Å². The molecule has 31 heavy (non-hydrogen) atoms. The van der Waals surface area contributed by atoms with E-state index in [0.29, 0.717) is 4.68 Å². The number of pyridine rings is 2. The number of rotatable bonds is 6. The fourth-order valence-corrected chi connectivity index (χ4v) is 2.78. The number of hydrogen-bond acceptors (Lipinski definition) is 11. The van der Waals surface area contributed by atoms with E-state index < -0.39 is 51.8 Å². The van der Waals surface area contributed by atoms with Gasteiger partial charge in [0.2, 0.25) is 0 Å². The van der Waals surface area contributed by atoms with E-state index in [0.717, 1.165) is 33.4 Å². The number of carbonyl (C=O) groups is 4. The van der Waals surface area contributed by atoms with E-state index in [1.807, 2.05) is 0 Å². The van der Waals surface area contributed by atoms with Crippen molar-refractivity contribution in [1.29, 1.82) is 0 Å². The summed E-state index contributed by atoms with van der Waals surface area (Å²) in [5.41, 5.74) is -4.19. The highest BCUT2D eigenvalue weighted by atomic mass is 16.5. The molecule has 0 N–H and O–H groups in total. The van der Waals surface area contributed by atoms with Gasteiger partial charge in [-0.2, -0.15) is 0 Å². The number of ether oxygens (including phenoxy) is 4. The second-order valence-corrected chi connectivity index (χ2v) is 5.77. The molecule has 2 rings (SSSR count). The summed E-state index contributed by atoms with van der Waals surface area (Å²) in [6, 6.07) is 4.71. The molecule has 0 bridgehead atoms. The summed E-state index contributed by atoms with van der Waals surface area (Å²) in [4.78, 5) is 67.7. The summed E-state index contributed by atoms with van der Waals surface area (Å²) in [5.74, 6) is -4.69. The van der Waals surface area contributed by atoms with Crippen LogP contribution in [0.1, 0.15) is 41.6 Å². The van der Waals surface area contributed by atoms with Gasteiger partial charge in [0.15, 0.2) is 5.69 Å². The molecule has 0 aromatic carbocycles. The van der Waals surface area contributed by atoms with Crippen LogP contribution in [0.5, 0.6) is 0 Å². The summed E-state index contributed by atoms with van der Waals surface area (Å²) in [5, 5.41) is 1.09. The lowest BCUT2D eigenvalue weighted by molar-refractivity contribution is 0.0511. The van der Waals surface area contributed by atoms with E-state index in [2.05, 4.69) is 14.5 Å². The fourth-order valence-electron chi connectivity index (χ4n) is 2.78. The predicted octanol–water partition coefficient (Wildman–Crippen LogP) is 0.289. The van der Waals surface area contributed by atoms with Gasteiger partial charge >= 0.3 is 23.9 Å². The SMILES string of the molecule is COC(=O)c1c(C(=O)OC)c(C(=O)OC)n(N(C)c2ccccn2)c(=O)c1C(=O)OC. The number of methoxy groups -OCH3 is 4. The predicted molar refractivity (Wildman–Crippen MR) is 104 cm³/mol. The van der Waals surface area contributed by atoms with Crippen LogP contribution in [0, 0.1) is 0 Å². The minimum atomic E-state index is -1.24. The highest BCUT2D eigenvalue weighted by molar-refractivity contribution is 6.14. The number of carbonyl (C=O) groups excluding carboxylic acids is 4. The molecule has 2 aromatic rings. The van der Waals surface area contributed by atoms with E-state index in [1.165, 1.54) is 19.3 Å². The zero-order valence-corrected chi connectivity index (χ0v) is 17.3. The molecule has 0 saturated heterocycles. The Bertz CT molecular complexity index is 1090. The van der Waals surface area contributed by atoms with Crippen LogP contribution in [0.4, 0.5) is 5.82 Å². The Labute approximate surface area is 175 Å². The van der Waals surface area contributed by atoms with Crippen LogP contribution in [0.25, 0.3) is 0 Å². The van der Waals surface area contributed by atoms with Crippen molar-refractivity contribution in [3.63, 3.8) is 0 Å². The Morgan fingerprint density at radius 1 is 0.806 bits per heavy atom. The fraction of sp³-hybridized carbons (Fsp3) is 0.263. The van der Waals surface area contributed by atoms with Gasteiger partial charge in [-0.1, -0.05) is 6.07 Å². The molecule has 0 unspecified atom stereocenters. The molecular formula is C19H19N3O9. The Morgan fingerprint density at radius 3 is 1.81 bits per heavy atom. The molecule has 0 saturated carbocycles. The minimum absolute atomic E-state index is 0.159.